The Morgan fingerprint density at radius 3 is 2.43 bits per heavy atom. The minimum Gasteiger partial charge on any atom is -0.390 e. The summed E-state index contributed by atoms with van der Waals surface area (Å²) in [5.41, 5.74) is 4.53. The summed E-state index contributed by atoms with van der Waals surface area (Å²) in [4.78, 5) is 4.57. The lowest BCUT2D eigenvalue weighted by molar-refractivity contribution is -0.139. The third-order valence-electron chi connectivity index (χ3n) is 9.70. The first-order chi connectivity index (χ1) is 22.7. The summed E-state index contributed by atoms with van der Waals surface area (Å²) >= 11 is 1.19. The number of benzene rings is 2. The molecule has 3 aliphatic rings. The van der Waals surface area contributed by atoms with Crippen LogP contribution in [0.5, 0.6) is 0 Å². The van der Waals surface area contributed by atoms with E-state index in [1.807, 2.05) is 28.9 Å². The molecule has 3 aromatic rings. The fourth-order valence-electron chi connectivity index (χ4n) is 7.07. The first-order valence-electron chi connectivity index (χ1n) is 16.6. The van der Waals surface area contributed by atoms with Crippen LogP contribution in [0.15, 0.2) is 47.4 Å². The van der Waals surface area contributed by atoms with E-state index in [4.69, 9.17) is 10.4 Å². The SMILES string of the molecule is N#Cc1ccc(C2CCN(CC(O)Cn3nc(-c4ccc(C(F)(F)F)c(SCCN5CCC(F)CC5)c4)c4c3CCNC4)CC2)cc1. The van der Waals surface area contributed by atoms with E-state index in [0.29, 0.717) is 80.6 Å². The topological polar surface area (TPSA) is 80.4 Å². The number of hydrogen-bond acceptors (Lipinski definition) is 7. The van der Waals surface area contributed by atoms with Gasteiger partial charge in [-0.05, 0) is 74.5 Å². The number of rotatable bonds is 10. The smallest absolute Gasteiger partial charge is 0.390 e. The zero-order valence-electron chi connectivity index (χ0n) is 26.5. The molecule has 2 fully saturated rings. The molecule has 0 radical (unpaired) electrons. The molecule has 1 unspecified atom stereocenters. The number of nitriles is 1. The largest absolute Gasteiger partial charge is 0.417 e. The lowest BCUT2D eigenvalue weighted by atomic mass is 9.89. The van der Waals surface area contributed by atoms with Gasteiger partial charge in [-0.1, -0.05) is 18.2 Å². The molecule has 0 spiro atoms. The summed E-state index contributed by atoms with van der Waals surface area (Å²) in [6.45, 7) is 5.78. The van der Waals surface area contributed by atoms with Crippen molar-refractivity contribution in [2.24, 2.45) is 0 Å². The van der Waals surface area contributed by atoms with Gasteiger partial charge in [0.05, 0.1) is 35.5 Å². The van der Waals surface area contributed by atoms with Gasteiger partial charge in [0.25, 0.3) is 0 Å². The Morgan fingerprint density at radius 1 is 1.00 bits per heavy atom. The van der Waals surface area contributed by atoms with Crippen LogP contribution in [0, 0.1) is 11.3 Å². The maximum atomic E-state index is 14.0. The van der Waals surface area contributed by atoms with E-state index in [-0.39, 0.29) is 4.90 Å². The molecule has 12 heteroatoms. The quantitative estimate of drug-likeness (QED) is 0.207. The summed E-state index contributed by atoms with van der Waals surface area (Å²) in [7, 11) is 0. The molecule has 0 bridgehead atoms. The van der Waals surface area contributed by atoms with Crippen LogP contribution in [0.2, 0.25) is 0 Å². The average Bonchev–Trinajstić information content (AvgIpc) is 3.43. The Bertz CT molecular complexity index is 1540. The molecule has 6 rings (SSSR count). The number of likely N-dealkylation sites (tertiary alicyclic amines) is 2. The second kappa shape index (κ2) is 15.1. The third kappa shape index (κ3) is 8.38. The molecule has 3 aliphatic heterocycles. The summed E-state index contributed by atoms with van der Waals surface area (Å²) < 4.78 is 57.4. The molecular weight excluding hydrogens is 628 g/mol. The van der Waals surface area contributed by atoms with E-state index in [1.165, 1.54) is 23.4 Å². The number of aliphatic hydroxyl groups is 1. The molecular formula is C35H42F4N6OS. The van der Waals surface area contributed by atoms with Gasteiger partial charge in [-0.15, -0.1) is 11.8 Å². The zero-order valence-corrected chi connectivity index (χ0v) is 27.3. The number of thioether (sulfide) groups is 1. The minimum atomic E-state index is -4.48. The molecule has 4 heterocycles. The molecule has 1 atom stereocenters. The highest BCUT2D eigenvalue weighted by Crippen LogP contribution is 2.40. The third-order valence-corrected chi connectivity index (χ3v) is 10.7. The molecule has 2 N–H and O–H groups in total. The van der Waals surface area contributed by atoms with E-state index in [9.17, 15) is 22.7 Å². The minimum absolute atomic E-state index is 0.173. The number of alkyl halides is 4. The van der Waals surface area contributed by atoms with Gasteiger partial charge in [-0.3, -0.25) is 4.68 Å². The number of β-amino-alcohol motifs (C(OH)–C–C–N with tert-alkyl or cyclic N) is 1. The average molecular weight is 671 g/mol. The first kappa shape index (κ1) is 33.9. The second-order valence-electron chi connectivity index (χ2n) is 12.9. The Kier molecular flexibility index (Phi) is 10.9. The predicted molar refractivity (Wildman–Crippen MR) is 175 cm³/mol. The van der Waals surface area contributed by atoms with Crippen LogP contribution in [-0.4, -0.2) is 88.5 Å². The summed E-state index contributed by atoms with van der Waals surface area (Å²) in [6.07, 6.45) is -2.27. The molecule has 1 aromatic heterocycles. The number of halogens is 4. The van der Waals surface area contributed by atoms with E-state index in [1.54, 1.807) is 6.07 Å². The monoisotopic (exact) mass is 670 g/mol. The number of fused-ring (bicyclic) bond motifs is 1. The summed E-state index contributed by atoms with van der Waals surface area (Å²) in [5.74, 6) is 0.916. The Labute approximate surface area is 277 Å². The van der Waals surface area contributed by atoms with Crippen molar-refractivity contribution in [3.8, 4) is 17.3 Å². The fourth-order valence-corrected chi connectivity index (χ4v) is 8.19. The number of hydrogen-bond donors (Lipinski definition) is 2. The predicted octanol–water partition coefficient (Wildman–Crippen LogP) is 5.85. The molecule has 2 saturated heterocycles. The van der Waals surface area contributed by atoms with Crippen molar-refractivity contribution >= 4 is 11.8 Å². The van der Waals surface area contributed by atoms with Crippen molar-refractivity contribution in [2.45, 2.75) is 74.5 Å². The van der Waals surface area contributed by atoms with Gasteiger partial charge in [0.15, 0.2) is 0 Å². The fraction of sp³-hybridized carbons (Fsp3) is 0.543. The van der Waals surface area contributed by atoms with E-state index in [0.717, 1.165) is 56.2 Å². The van der Waals surface area contributed by atoms with Crippen molar-refractivity contribution in [1.29, 1.82) is 5.26 Å². The number of aliphatic hydroxyl groups excluding tert-OH is 1. The van der Waals surface area contributed by atoms with Crippen LogP contribution in [-0.2, 0) is 25.7 Å². The van der Waals surface area contributed by atoms with E-state index in [2.05, 4.69) is 21.2 Å². The van der Waals surface area contributed by atoms with Crippen LogP contribution >= 0.6 is 11.8 Å². The summed E-state index contributed by atoms with van der Waals surface area (Å²) in [6, 6.07) is 14.2. The Morgan fingerprint density at radius 2 is 1.72 bits per heavy atom. The van der Waals surface area contributed by atoms with Crippen LogP contribution in [0.4, 0.5) is 17.6 Å². The lowest BCUT2D eigenvalue weighted by Gasteiger charge is -2.33. The molecule has 0 aliphatic carbocycles. The van der Waals surface area contributed by atoms with Gasteiger partial charge < -0.3 is 20.2 Å². The van der Waals surface area contributed by atoms with Crippen LogP contribution in [0.3, 0.4) is 0 Å². The lowest BCUT2D eigenvalue weighted by Crippen LogP contribution is -2.40. The summed E-state index contributed by atoms with van der Waals surface area (Å²) in [5, 5.41) is 28.5. The maximum Gasteiger partial charge on any atom is 0.417 e. The van der Waals surface area contributed by atoms with Gasteiger partial charge in [-0.2, -0.15) is 23.5 Å². The molecule has 7 nitrogen and oxygen atoms in total. The molecule has 47 heavy (non-hydrogen) atoms. The van der Waals surface area contributed by atoms with Crippen molar-refractivity contribution in [3.05, 3.63) is 70.4 Å². The molecule has 252 valence electrons. The van der Waals surface area contributed by atoms with Crippen molar-refractivity contribution in [2.75, 3.05) is 51.6 Å². The highest BCUT2D eigenvalue weighted by molar-refractivity contribution is 7.99. The Balaban J connectivity index is 1.12. The number of aromatic nitrogens is 2. The van der Waals surface area contributed by atoms with E-state index >= 15 is 0 Å². The highest BCUT2D eigenvalue weighted by atomic mass is 32.2. The molecule has 0 saturated carbocycles. The number of piperidine rings is 2. The van der Waals surface area contributed by atoms with Crippen LogP contribution < -0.4 is 5.32 Å². The maximum absolute atomic E-state index is 14.0. The normalized spacial score (nSPS) is 19.4. The number of nitrogens with zero attached hydrogens (tertiary/aromatic N) is 5. The standard InChI is InChI=1S/C35H42F4N6OS/c36-28-10-15-43(16-11-28)17-18-47-33-19-27(5-6-31(33)35(37,38)39)34-30-21-41-12-7-32(30)45(42-34)23-29(46)22-44-13-8-26(9-14-44)25-3-1-24(20-40)2-4-25/h1-6,19,26,28-29,41,46H,7-18,21-23H2. The van der Waals surface area contributed by atoms with Crippen LogP contribution in [0.25, 0.3) is 11.3 Å². The van der Waals surface area contributed by atoms with Gasteiger partial charge in [0.1, 0.15) is 6.17 Å². The van der Waals surface area contributed by atoms with Gasteiger partial charge in [0.2, 0.25) is 0 Å². The second-order valence-corrected chi connectivity index (χ2v) is 14.1. The van der Waals surface area contributed by atoms with Crippen molar-refractivity contribution in [3.63, 3.8) is 0 Å². The molecule has 0 amide bonds. The van der Waals surface area contributed by atoms with Gasteiger partial charge in [-0.25, -0.2) is 4.39 Å². The number of nitrogens with one attached hydrogen (secondary N) is 1. The van der Waals surface area contributed by atoms with Gasteiger partial charge >= 0.3 is 6.18 Å². The van der Waals surface area contributed by atoms with Crippen LogP contribution in [0.1, 0.15) is 59.5 Å². The van der Waals surface area contributed by atoms with Crippen molar-refractivity contribution < 1.29 is 22.7 Å². The molecule has 2 aromatic carbocycles. The van der Waals surface area contributed by atoms with Gasteiger partial charge in [0, 0.05) is 73.2 Å². The first-order valence-corrected chi connectivity index (χ1v) is 17.6. The zero-order chi connectivity index (χ0) is 33.0. The van der Waals surface area contributed by atoms with E-state index < -0.39 is 24.0 Å². The van der Waals surface area contributed by atoms with Crippen molar-refractivity contribution in [1.82, 2.24) is 24.9 Å². The highest BCUT2D eigenvalue weighted by Gasteiger charge is 2.34. The Hall–Kier alpha value is -2.95.